The second kappa shape index (κ2) is 9.93. The molecular formula is C26H23N5O2S. The van der Waals surface area contributed by atoms with E-state index in [1.807, 2.05) is 24.3 Å². The van der Waals surface area contributed by atoms with Crippen molar-refractivity contribution in [3.05, 3.63) is 83.9 Å². The van der Waals surface area contributed by atoms with Crippen molar-refractivity contribution in [1.82, 2.24) is 25.4 Å². The Morgan fingerprint density at radius 3 is 2.24 bits per heavy atom. The van der Waals surface area contributed by atoms with Crippen molar-refractivity contribution in [2.45, 2.75) is 32.6 Å². The molecule has 0 bridgehead atoms. The van der Waals surface area contributed by atoms with Crippen LogP contribution in [0, 0.1) is 0 Å². The quantitative estimate of drug-likeness (QED) is 0.217. The average Bonchev–Trinajstić information content (AvgIpc) is 3.53. The SMILES string of the molecule is CCCCCc1ccc(-c2nnc(-c3ccc(C(=O)On4nnc5ccccc54)cc3)s2)cc1. The number of benzene rings is 3. The van der Waals surface area contributed by atoms with Crippen LogP contribution >= 0.6 is 11.3 Å². The van der Waals surface area contributed by atoms with E-state index in [1.54, 1.807) is 24.3 Å². The number of rotatable bonds is 8. The zero-order valence-corrected chi connectivity index (χ0v) is 19.5. The summed E-state index contributed by atoms with van der Waals surface area (Å²) in [6.07, 6.45) is 4.82. The Hall–Kier alpha value is -3.91. The van der Waals surface area contributed by atoms with Crippen molar-refractivity contribution < 1.29 is 9.63 Å². The molecule has 0 saturated carbocycles. The number of hydrogen-bond acceptors (Lipinski definition) is 7. The lowest BCUT2D eigenvalue weighted by Gasteiger charge is -2.04. The third-order valence-electron chi connectivity index (χ3n) is 5.55. The highest BCUT2D eigenvalue weighted by Gasteiger charge is 2.14. The first-order valence-electron chi connectivity index (χ1n) is 11.3. The first-order chi connectivity index (χ1) is 16.7. The predicted octanol–water partition coefficient (Wildman–Crippen LogP) is 5.62. The topological polar surface area (TPSA) is 82.8 Å². The Morgan fingerprint density at radius 1 is 0.853 bits per heavy atom. The highest BCUT2D eigenvalue weighted by Crippen LogP contribution is 2.30. The number of unbranched alkanes of at least 4 members (excludes halogenated alkanes) is 2. The van der Waals surface area contributed by atoms with Crippen molar-refractivity contribution in [3.63, 3.8) is 0 Å². The molecule has 0 N–H and O–H groups in total. The largest absolute Gasteiger partial charge is 0.365 e. The molecule has 0 saturated heterocycles. The van der Waals surface area contributed by atoms with E-state index in [0.717, 1.165) is 32.4 Å². The van der Waals surface area contributed by atoms with Crippen LogP contribution in [0.4, 0.5) is 0 Å². The molecule has 0 aliphatic heterocycles. The normalized spacial score (nSPS) is 11.1. The van der Waals surface area contributed by atoms with Crippen molar-refractivity contribution in [3.8, 4) is 21.1 Å². The minimum atomic E-state index is -0.515. The molecule has 0 unspecified atom stereocenters. The number of carbonyl (C=O) groups is 1. The smallest absolute Gasteiger partial charge is 0.312 e. The number of aromatic nitrogens is 5. The summed E-state index contributed by atoms with van der Waals surface area (Å²) in [5, 5.41) is 18.3. The molecule has 170 valence electrons. The molecule has 0 atom stereocenters. The van der Waals surface area contributed by atoms with Gasteiger partial charge in [0.2, 0.25) is 0 Å². The van der Waals surface area contributed by atoms with E-state index in [4.69, 9.17) is 4.84 Å². The second-order valence-electron chi connectivity index (χ2n) is 7.97. The molecule has 5 rings (SSSR count). The second-order valence-corrected chi connectivity index (χ2v) is 8.95. The Balaban J connectivity index is 1.26. The van der Waals surface area contributed by atoms with Crippen LogP contribution in [0.2, 0.25) is 0 Å². The molecule has 0 aliphatic rings. The molecule has 5 aromatic rings. The molecule has 0 amide bonds. The zero-order chi connectivity index (χ0) is 23.3. The highest BCUT2D eigenvalue weighted by atomic mass is 32.1. The van der Waals surface area contributed by atoms with Crippen LogP contribution in [0.1, 0.15) is 42.1 Å². The van der Waals surface area contributed by atoms with Crippen molar-refractivity contribution in [2.24, 2.45) is 0 Å². The van der Waals surface area contributed by atoms with E-state index in [9.17, 15) is 4.79 Å². The van der Waals surface area contributed by atoms with Gasteiger partial charge in [-0.15, -0.1) is 15.3 Å². The fourth-order valence-corrected chi connectivity index (χ4v) is 4.50. The van der Waals surface area contributed by atoms with E-state index < -0.39 is 5.97 Å². The lowest BCUT2D eigenvalue weighted by Crippen LogP contribution is -2.20. The molecule has 3 aromatic carbocycles. The molecule has 7 nitrogen and oxygen atoms in total. The maximum absolute atomic E-state index is 12.6. The van der Waals surface area contributed by atoms with Gasteiger partial charge in [0.05, 0.1) is 5.56 Å². The molecule has 2 heterocycles. The van der Waals surface area contributed by atoms with Gasteiger partial charge in [-0.05, 0) is 47.9 Å². The first kappa shape index (κ1) is 21.9. The minimum absolute atomic E-state index is 0.409. The summed E-state index contributed by atoms with van der Waals surface area (Å²) in [5.41, 5.74) is 4.99. The van der Waals surface area contributed by atoms with Crippen molar-refractivity contribution in [1.29, 1.82) is 0 Å². The summed E-state index contributed by atoms with van der Waals surface area (Å²) < 4.78 is 0. The van der Waals surface area contributed by atoms with Crippen LogP contribution in [0.5, 0.6) is 0 Å². The number of nitrogens with zero attached hydrogens (tertiary/aromatic N) is 5. The van der Waals surface area contributed by atoms with Crippen LogP contribution in [0.15, 0.2) is 72.8 Å². The molecule has 2 aromatic heterocycles. The number of para-hydroxylation sites is 1. The van der Waals surface area contributed by atoms with Gasteiger partial charge >= 0.3 is 5.97 Å². The van der Waals surface area contributed by atoms with Gasteiger partial charge in [0, 0.05) is 11.1 Å². The zero-order valence-electron chi connectivity index (χ0n) is 18.7. The third kappa shape index (κ3) is 4.72. The van der Waals surface area contributed by atoms with E-state index in [1.165, 1.54) is 36.2 Å². The minimum Gasteiger partial charge on any atom is -0.312 e. The van der Waals surface area contributed by atoms with Crippen LogP contribution < -0.4 is 4.84 Å². The predicted molar refractivity (Wildman–Crippen MR) is 132 cm³/mol. The number of hydrogen-bond donors (Lipinski definition) is 0. The van der Waals surface area contributed by atoms with Crippen LogP contribution in [0.25, 0.3) is 32.2 Å². The van der Waals surface area contributed by atoms with Gasteiger partial charge in [-0.25, -0.2) is 4.79 Å². The van der Waals surface area contributed by atoms with Crippen LogP contribution in [-0.2, 0) is 6.42 Å². The van der Waals surface area contributed by atoms with Gasteiger partial charge in [-0.3, -0.25) is 0 Å². The Labute approximate surface area is 201 Å². The summed E-state index contributed by atoms with van der Waals surface area (Å²) >= 11 is 1.53. The molecule has 34 heavy (non-hydrogen) atoms. The molecular weight excluding hydrogens is 446 g/mol. The summed E-state index contributed by atoms with van der Waals surface area (Å²) in [6, 6.07) is 23.0. The number of fused-ring (bicyclic) bond motifs is 1. The fourth-order valence-electron chi connectivity index (χ4n) is 3.64. The fraction of sp³-hybridized carbons (Fsp3) is 0.192. The van der Waals surface area contributed by atoms with Gasteiger partial charge in [0.25, 0.3) is 0 Å². The Kier molecular flexibility index (Phi) is 6.40. The van der Waals surface area contributed by atoms with Gasteiger partial charge < -0.3 is 4.84 Å². The maximum Gasteiger partial charge on any atom is 0.365 e. The monoisotopic (exact) mass is 469 g/mol. The Morgan fingerprint density at radius 2 is 1.53 bits per heavy atom. The summed E-state index contributed by atoms with van der Waals surface area (Å²) in [4.78, 5) is 19.1. The molecule has 0 spiro atoms. The lowest BCUT2D eigenvalue weighted by molar-refractivity contribution is 0.0409. The maximum atomic E-state index is 12.6. The summed E-state index contributed by atoms with van der Waals surface area (Å²) in [5.74, 6) is -0.515. The standard InChI is InChI=1S/C26H23N5O2S/c1-2-3-4-7-18-10-12-19(13-11-18)24-28-29-25(34-24)20-14-16-21(17-15-20)26(32)33-31-23-9-6-5-8-22(23)27-30-31/h5-6,8-17H,2-4,7H2,1H3. The van der Waals surface area contributed by atoms with E-state index in [2.05, 4.69) is 51.7 Å². The number of aryl methyl sites for hydroxylation is 1. The van der Waals surface area contributed by atoms with Crippen molar-refractivity contribution in [2.75, 3.05) is 0 Å². The van der Waals surface area contributed by atoms with E-state index in [0.29, 0.717) is 16.6 Å². The summed E-state index contributed by atoms with van der Waals surface area (Å²) in [7, 11) is 0. The molecule has 8 heteroatoms. The van der Waals surface area contributed by atoms with Gasteiger partial charge in [0.1, 0.15) is 21.0 Å². The van der Waals surface area contributed by atoms with Crippen LogP contribution in [-0.4, -0.2) is 31.3 Å². The van der Waals surface area contributed by atoms with Gasteiger partial charge in [0.15, 0.2) is 0 Å². The van der Waals surface area contributed by atoms with Gasteiger partial charge in [-0.2, -0.15) is 0 Å². The Bertz CT molecular complexity index is 1410. The van der Waals surface area contributed by atoms with E-state index in [-0.39, 0.29) is 0 Å². The molecule has 0 fully saturated rings. The third-order valence-corrected chi connectivity index (χ3v) is 6.57. The molecule has 0 radical (unpaired) electrons. The highest BCUT2D eigenvalue weighted by molar-refractivity contribution is 7.17. The summed E-state index contributed by atoms with van der Waals surface area (Å²) in [6.45, 7) is 2.22. The van der Waals surface area contributed by atoms with Gasteiger partial charge in [-0.1, -0.05) is 84.5 Å². The molecule has 0 aliphatic carbocycles. The first-order valence-corrected chi connectivity index (χ1v) is 12.1. The average molecular weight is 470 g/mol. The lowest BCUT2D eigenvalue weighted by atomic mass is 10.1. The van der Waals surface area contributed by atoms with E-state index >= 15 is 0 Å². The van der Waals surface area contributed by atoms with Crippen LogP contribution in [0.3, 0.4) is 0 Å². The van der Waals surface area contributed by atoms with Crippen molar-refractivity contribution >= 4 is 28.3 Å². The number of carbonyl (C=O) groups excluding carboxylic acids is 1.